The molecule has 2 bridgehead atoms. The van der Waals surface area contributed by atoms with Crippen molar-refractivity contribution in [2.45, 2.75) is 70.5 Å². The summed E-state index contributed by atoms with van der Waals surface area (Å²) in [5.74, 6) is -1.71. The van der Waals surface area contributed by atoms with Gasteiger partial charge in [-0.25, -0.2) is 0 Å². The second-order valence-corrected chi connectivity index (χ2v) is 9.28. The number of unbranched alkanes of at least 4 members (excludes halogenated alkanes) is 2. The number of halogens is 1. The number of benzene rings is 1. The predicted octanol–water partition coefficient (Wildman–Crippen LogP) is 3.70. The van der Waals surface area contributed by atoms with E-state index in [0.29, 0.717) is 19.4 Å². The van der Waals surface area contributed by atoms with Crippen molar-refractivity contribution < 1.29 is 24.2 Å². The molecule has 0 unspecified atom stereocenters. The summed E-state index contributed by atoms with van der Waals surface area (Å²) in [5, 5.41) is 14.7. The molecule has 3 N–H and O–H groups in total. The van der Waals surface area contributed by atoms with Crippen LogP contribution in [0.4, 0.5) is 0 Å². The van der Waals surface area contributed by atoms with Crippen LogP contribution in [-0.2, 0) is 32.0 Å². The Morgan fingerprint density at radius 2 is 1.88 bits per heavy atom. The standard InChI is InChI=1S/C25H33BrN2O5/c1-2-3-6-13-27-24(31)19(15-26)28-25(32)23-18(20-10-11-21(23)33-20)14-17-8-5-4-7-16(17)9-12-22(29)30/h4-5,7-8,15,18,20-21,23H,2-3,6,9-14H2,1H3,(H,27,31)(H,28,32)(H,29,30)/b19-15-/t18-,20-,21+,23-/m0/s1. The fourth-order valence-electron chi connectivity index (χ4n) is 4.91. The molecule has 0 spiro atoms. The summed E-state index contributed by atoms with van der Waals surface area (Å²) < 4.78 is 6.11. The van der Waals surface area contributed by atoms with E-state index in [-0.39, 0.29) is 48.0 Å². The van der Waals surface area contributed by atoms with Gasteiger partial charge in [0.25, 0.3) is 5.91 Å². The van der Waals surface area contributed by atoms with Gasteiger partial charge in [-0.1, -0.05) is 60.0 Å². The molecule has 0 radical (unpaired) electrons. The number of hydrogen-bond donors (Lipinski definition) is 3. The lowest BCUT2D eigenvalue weighted by atomic mass is 9.75. The zero-order valence-corrected chi connectivity index (χ0v) is 20.6. The van der Waals surface area contributed by atoms with Gasteiger partial charge in [0.15, 0.2) is 0 Å². The van der Waals surface area contributed by atoms with E-state index in [0.717, 1.165) is 43.2 Å². The van der Waals surface area contributed by atoms with Gasteiger partial charge in [-0.15, -0.1) is 0 Å². The van der Waals surface area contributed by atoms with E-state index in [1.54, 1.807) is 0 Å². The molecule has 2 amide bonds. The number of carboxylic acids is 1. The molecule has 2 aliphatic rings. The van der Waals surface area contributed by atoms with Crippen LogP contribution >= 0.6 is 15.9 Å². The molecule has 3 rings (SSSR count). The van der Waals surface area contributed by atoms with Crippen molar-refractivity contribution in [2.24, 2.45) is 11.8 Å². The Balaban J connectivity index is 1.67. The Hall–Kier alpha value is -2.19. The van der Waals surface area contributed by atoms with E-state index in [1.807, 2.05) is 24.3 Å². The van der Waals surface area contributed by atoms with Crippen LogP contribution in [0.2, 0.25) is 0 Å². The smallest absolute Gasteiger partial charge is 0.303 e. The third-order valence-electron chi connectivity index (χ3n) is 6.59. The van der Waals surface area contributed by atoms with Crippen LogP contribution in [0.25, 0.3) is 0 Å². The number of carbonyl (C=O) groups is 3. The topological polar surface area (TPSA) is 105 Å². The van der Waals surface area contributed by atoms with Crippen LogP contribution in [0.3, 0.4) is 0 Å². The maximum absolute atomic E-state index is 13.3. The van der Waals surface area contributed by atoms with Gasteiger partial charge in [-0.3, -0.25) is 14.4 Å². The Morgan fingerprint density at radius 1 is 1.15 bits per heavy atom. The van der Waals surface area contributed by atoms with Crippen LogP contribution in [0.5, 0.6) is 0 Å². The van der Waals surface area contributed by atoms with Gasteiger partial charge in [0.1, 0.15) is 5.70 Å². The number of rotatable bonds is 12. The SMILES string of the molecule is CCCCCNC(=O)/C(=C/Br)NC(=O)[C@H]1[C@@H](Cc2ccccc2CCC(=O)O)[C@@H]2CC[C@H]1O2. The highest BCUT2D eigenvalue weighted by Gasteiger charge is 2.52. The zero-order chi connectivity index (χ0) is 23.8. The van der Waals surface area contributed by atoms with Crippen molar-refractivity contribution in [3.63, 3.8) is 0 Å². The number of aliphatic carboxylic acids is 1. The first kappa shape index (κ1) is 25.4. The number of amides is 2. The monoisotopic (exact) mass is 520 g/mol. The first-order valence-electron chi connectivity index (χ1n) is 11.8. The minimum absolute atomic E-state index is 0.00227. The molecule has 1 aromatic carbocycles. The van der Waals surface area contributed by atoms with Gasteiger partial charge in [-0.2, -0.15) is 0 Å². The number of hydrogen-bond acceptors (Lipinski definition) is 4. The second-order valence-electron chi connectivity index (χ2n) is 8.82. The van der Waals surface area contributed by atoms with Crippen molar-refractivity contribution in [1.29, 1.82) is 0 Å². The highest BCUT2D eigenvalue weighted by Crippen LogP contribution is 2.45. The highest BCUT2D eigenvalue weighted by molar-refractivity contribution is 9.11. The summed E-state index contributed by atoms with van der Waals surface area (Å²) in [7, 11) is 0. The van der Waals surface area contributed by atoms with Crippen molar-refractivity contribution >= 4 is 33.7 Å². The van der Waals surface area contributed by atoms with Gasteiger partial charge < -0.3 is 20.5 Å². The highest BCUT2D eigenvalue weighted by atomic mass is 79.9. The van der Waals surface area contributed by atoms with Crippen LogP contribution in [0, 0.1) is 11.8 Å². The van der Waals surface area contributed by atoms with Crippen molar-refractivity contribution in [1.82, 2.24) is 10.6 Å². The molecule has 2 heterocycles. The molecule has 2 fully saturated rings. The Labute approximate surface area is 203 Å². The average molecular weight is 521 g/mol. The van der Waals surface area contributed by atoms with Crippen molar-refractivity contribution in [3.05, 3.63) is 46.1 Å². The van der Waals surface area contributed by atoms with Gasteiger partial charge in [0, 0.05) is 23.9 Å². The number of fused-ring (bicyclic) bond motifs is 2. The van der Waals surface area contributed by atoms with Crippen LogP contribution in [0.1, 0.15) is 56.6 Å². The fraction of sp³-hybridized carbons (Fsp3) is 0.560. The molecule has 7 nitrogen and oxygen atoms in total. The first-order valence-corrected chi connectivity index (χ1v) is 12.7. The molecule has 0 aliphatic carbocycles. The van der Waals surface area contributed by atoms with Gasteiger partial charge in [0.05, 0.1) is 18.1 Å². The lowest BCUT2D eigenvalue weighted by Crippen LogP contribution is -2.44. The maximum atomic E-state index is 13.3. The molecule has 2 aliphatic heterocycles. The predicted molar refractivity (Wildman–Crippen MR) is 129 cm³/mol. The Bertz CT molecular complexity index is 887. The van der Waals surface area contributed by atoms with Gasteiger partial charge in [0.2, 0.25) is 5.91 Å². The molecule has 1 aromatic rings. The van der Waals surface area contributed by atoms with E-state index in [9.17, 15) is 14.4 Å². The lowest BCUT2D eigenvalue weighted by molar-refractivity contribution is -0.137. The Kier molecular flexibility index (Phi) is 9.50. The maximum Gasteiger partial charge on any atom is 0.303 e. The molecule has 0 saturated carbocycles. The van der Waals surface area contributed by atoms with Crippen LogP contribution < -0.4 is 10.6 Å². The number of aryl methyl sites for hydroxylation is 1. The molecule has 4 atom stereocenters. The number of ether oxygens (including phenoxy) is 1. The Morgan fingerprint density at radius 3 is 2.58 bits per heavy atom. The molecule has 0 aromatic heterocycles. The normalized spacial score (nSPS) is 24.0. The van der Waals surface area contributed by atoms with Crippen LogP contribution in [0.15, 0.2) is 34.9 Å². The van der Waals surface area contributed by atoms with E-state index in [4.69, 9.17) is 9.84 Å². The van der Waals surface area contributed by atoms with Crippen LogP contribution in [-0.4, -0.2) is 41.6 Å². The zero-order valence-electron chi connectivity index (χ0n) is 19.0. The number of carbonyl (C=O) groups excluding carboxylic acids is 2. The number of carboxylic acid groups (broad SMARTS) is 1. The first-order chi connectivity index (χ1) is 15.9. The van der Waals surface area contributed by atoms with Crippen molar-refractivity contribution in [3.8, 4) is 0 Å². The third kappa shape index (κ3) is 6.67. The molecule has 8 heteroatoms. The summed E-state index contributed by atoms with van der Waals surface area (Å²) in [6.45, 7) is 2.67. The minimum atomic E-state index is -0.827. The largest absolute Gasteiger partial charge is 0.481 e. The summed E-state index contributed by atoms with van der Waals surface area (Å²) >= 11 is 3.21. The quantitative estimate of drug-likeness (QED) is 0.288. The van der Waals surface area contributed by atoms with Crippen molar-refractivity contribution in [2.75, 3.05) is 6.54 Å². The van der Waals surface area contributed by atoms with E-state index in [2.05, 4.69) is 33.5 Å². The molecule has 33 heavy (non-hydrogen) atoms. The summed E-state index contributed by atoms with van der Waals surface area (Å²) in [6.07, 6.45) is 5.76. The number of nitrogens with one attached hydrogen (secondary N) is 2. The van der Waals surface area contributed by atoms with E-state index < -0.39 is 5.97 Å². The summed E-state index contributed by atoms with van der Waals surface area (Å²) in [5.41, 5.74) is 2.25. The third-order valence-corrected chi connectivity index (χ3v) is 7.04. The minimum Gasteiger partial charge on any atom is -0.481 e. The lowest BCUT2D eigenvalue weighted by Gasteiger charge is -2.28. The molecular weight excluding hydrogens is 488 g/mol. The molecule has 2 saturated heterocycles. The average Bonchev–Trinajstić information content (AvgIpc) is 3.41. The van der Waals surface area contributed by atoms with Gasteiger partial charge in [-0.05, 0) is 43.2 Å². The van der Waals surface area contributed by atoms with Gasteiger partial charge >= 0.3 is 5.97 Å². The molecule has 180 valence electrons. The van der Waals surface area contributed by atoms with E-state index in [1.165, 1.54) is 4.99 Å². The molecular formula is C25H33BrN2O5. The fourth-order valence-corrected chi connectivity index (χ4v) is 5.24. The van der Waals surface area contributed by atoms with E-state index >= 15 is 0 Å². The summed E-state index contributed by atoms with van der Waals surface area (Å²) in [6, 6.07) is 7.81. The summed E-state index contributed by atoms with van der Waals surface area (Å²) in [4.78, 5) is 38.3. The second kappa shape index (κ2) is 12.3.